The van der Waals surface area contributed by atoms with Crippen LogP contribution in [-0.2, 0) is 11.4 Å². The molecule has 0 aliphatic rings. The van der Waals surface area contributed by atoms with Crippen LogP contribution in [0, 0.1) is 10.1 Å². The third-order valence-corrected chi connectivity index (χ3v) is 3.32. The Labute approximate surface area is 145 Å². The van der Waals surface area contributed by atoms with E-state index < -0.39 is 16.5 Å². The van der Waals surface area contributed by atoms with Crippen molar-refractivity contribution in [1.82, 2.24) is 4.98 Å². The number of nitro benzene ring substituents is 1. The van der Waals surface area contributed by atoms with Crippen LogP contribution in [0.3, 0.4) is 0 Å². The topological polar surface area (TPSA) is 122 Å². The predicted octanol–water partition coefficient (Wildman–Crippen LogP) is 2.60. The molecule has 1 aromatic heterocycles. The van der Waals surface area contributed by atoms with Crippen LogP contribution in [0.1, 0.15) is 12.8 Å². The Morgan fingerprint density at radius 3 is 2.54 bits per heavy atom. The highest BCUT2D eigenvalue weighted by Gasteiger charge is 2.10. The zero-order valence-electron chi connectivity index (χ0n) is 13.5. The average molecular weight is 356 g/mol. The van der Waals surface area contributed by atoms with Crippen LogP contribution < -0.4 is 15.1 Å². The lowest BCUT2D eigenvalue weighted by Gasteiger charge is -2.06. The van der Waals surface area contributed by atoms with Gasteiger partial charge in [0.1, 0.15) is 11.5 Å². The Bertz CT molecular complexity index is 1040. The monoisotopic (exact) mass is 356 g/mol. The van der Waals surface area contributed by atoms with E-state index in [0.717, 1.165) is 0 Å². The molecule has 9 nitrogen and oxygen atoms in total. The molecule has 0 radical (unpaired) electrons. The summed E-state index contributed by atoms with van der Waals surface area (Å²) in [6, 6.07) is 9.88. The summed E-state index contributed by atoms with van der Waals surface area (Å²) in [4.78, 5) is 37.3. The van der Waals surface area contributed by atoms with E-state index in [1.54, 1.807) is 0 Å². The number of carbonyl (C=O) groups is 1. The fourth-order valence-corrected chi connectivity index (χ4v) is 2.20. The van der Waals surface area contributed by atoms with Gasteiger partial charge < -0.3 is 13.9 Å². The van der Waals surface area contributed by atoms with Gasteiger partial charge in [0, 0.05) is 19.1 Å². The van der Waals surface area contributed by atoms with Crippen molar-refractivity contribution in [3.05, 3.63) is 68.9 Å². The van der Waals surface area contributed by atoms with E-state index in [4.69, 9.17) is 13.9 Å². The minimum atomic E-state index is -0.647. The van der Waals surface area contributed by atoms with Crippen LogP contribution in [0.2, 0.25) is 0 Å². The van der Waals surface area contributed by atoms with Crippen molar-refractivity contribution in [1.29, 1.82) is 0 Å². The molecule has 0 aliphatic carbocycles. The molecule has 0 saturated carbocycles. The van der Waals surface area contributed by atoms with Crippen molar-refractivity contribution >= 4 is 22.6 Å². The summed E-state index contributed by atoms with van der Waals surface area (Å²) >= 11 is 0. The van der Waals surface area contributed by atoms with Gasteiger partial charge in [-0.05, 0) is 30.3 Å². The summed E-state index contributed by atoms with van der Waals surface area (Å²) in [5.41, 5.74) is -0.345. The highest BCUT2D eigenvalue weighted by Crippen LogP contribution is 2.20. The van der Waals surface area contributed by atoms with Gasteiger partial charge in [0.25, 0.3) is 5.69 Å². The highest BCUT2D eigenvalue weighted by atomic mass is 16.6. The molecule has 0 amide bonds. The number of nitrogens with zero attached hydrogens (tertiary/aromatic N) is 2. The van der Waals surface area contributed by atoms with E-state index in [9.17, 15) is 19.7 Å². The Morgan fingerprint density at radius 1 is 1.19 bits per heavy atom. The summed E-state index contributed by atoms with van der Waals surface area (Å²) in [7, 11) is 0. The first-order valence-electron chi connectivity index (χ1n) is 7.42. The number of hydrogen-bond acceptors (Lipinski definition) is 8. The van der Waals surface area contributed by atoms with Crippen LogP contribution in [0.25, 0.3) is 10.9 Å². The highest BCUT2D eigenvalue weighted by molar-refractivity contribution is 5.80. The van der Waals surface area contributed by atoms with E-state index in [1.165, 1.54) is 49.4 Å². The molecular formula is C17H12N2O7. The van der Waals surface area contributed by atoms with Crippen LogP contribution in [-0.4, -0.2) is 15.9 Å². The number of fused-ring (bicyclic) bond motifs is 1. The first-order valence-corrected chi connectivity index (χ1v) is 7.42. The second-order valence-electron chi connectivity index (χ2n) is 5.21. The van der Waals surface area contributed by atoms with Crippen LogP contribution in [0.15, 0.2) is 51.7 Å². The normalized spacial score (nSPS) is 10.5. The Morgan fingerprint density at radius 2 is 1.88 bits per heavy atom. The minimum Gasteiger partial charge on any atom is -0.484 e. The molecule has 0 spiro atoms. The quantitative estimate of drug-likeness (QED) is 0.296. The van der Waals surface area contributed by atoms with Crippen LogP contribution in [0.4, 0.5) is 5.69 Å². The molecule has 132 valence electrons. The average Bonchev–Trinajstić information content (AvgIpc) is 2.60. The minimum absolute atomic E-state index is 0.0427. The smallest absolute Gasteiger partial charge is 0.347 e. The summed E-state index contributed by atoms with van der Waals surface area (Å²) in [6.45, 7) is 1.12. The molecule has 0 fully saturated rings. The Hall–Kier alpha value is -3.75. The maximum Gasteiger partial charge on any atom is 0.347 e. The third kappa shape index (κ3) is 3.83. The fourth-order valence-electron chi connectivity index (χ4n) is 2.20. The van der Waals surface area contributed by atoms with Gasteiger partial charge in [-0.25, -0.2) is 9.78 Å². The fraction of sp³-hybridized carbons (Fsp3) is 0.118. The molecule has 3 rings (SSSR count). The number of nitro groups is 1. The van der Waals surface area contributed by atoms with Gasteiger partial charge in [-0.2, -0.15) is 0 Å². The number of non-ortho nitro benzene ring substituents is 1. The number of ether oxygens (including phenoxy) is 2. The predicted molar refractivity (Wildman–Crippen MR) is 89.0 cm³/mol. The van der Waals surface area contributed by atoms with E-state index in [0.29, 0.717) is 11.3 Å². The standard InChI is InChI=1S/C17H12N2O7/c1-10(20)25-13-6-7-15-14(8-13)17(21)26-16(18-15)9-24-12-4-2-11(3-5-12)19(22)23/h2-8H,9H2,1H3. The van der Waals surface area contributed by atoms with Gasteiger partial charge in [-0.15, -0.1) is 0 Å². The van der Waals surface area contributed by atoms with Crippen molar-refractivity contribution in [3.63, 3.8) is 0 Å². The molecular weight excluding hydrogens is 344 g/mol. The largest absolute Gasteiger partial charge is 0.484 e. The van der Waals surface area contributed by atoms with E-state index in [1.807, 2.05) is 0 Å². The first-order chi connectivity index (χ1) is 12.4. The molecule has 0 N–H and O–H groups in total. The summed E-state index contributed by atoms with van der Waals surface area (Å²) < 4.78 is 15.4. The number of hydrogen-bond donors (Lipinski definition) is 0. The Balaban J connectivity index is 1.79. The molecule has 2 aromatic carbocycles. The van der Waals surface area contributed by atoms with Crippen molar-refractivity contribution in [3.8, 4) is 11.5 Å². The number of carbonyl (C=O) groups excluding carboxylic acids is 1. The van der Waals surface area contributed by atoms with Gasteiger partial charge in [-0.3, -0.25) is 14.9 Å². The molecule has 1 heterocycles. The molecule has 26 heavy (non-hydrogen) atoms. The second kappa shape index (κ2) is 7.01. The number of aromatic nitrogens is 1. The van der Waals surface area contributed by atoms with Gasteiger partial charge in [-0.1, -0.05) is 0 Å². The van der Waals surface area contributed by atoms with E-state index >= 15 is 0 Å². The lowest BCUT2D eigenvalue weighted by molar-refractivity contribution is -0.384. The maximum absolute atomic E-state index is 12.1. The van der Waals surface area contributed by atoms with Crippen molar-refractivity contribution in [2.45, 2.75) is 13.5 Å². The number of benzene rings is 2. The van der Waals surface area contributed by atoms with Crippen LogP contribution >= 0.6 is 0 Å². The molecule has 0 unspecified atom stereocenters. The lowest BCUT2D eigenvalue weighted by Crippen LogP contribution is -2.08. The Kier molecular flexibility index (Phi) is 4.61. The molecule has 0 atom stereocenters. The molecule has 9 heteroatoms. The van der Waals surface area contributed by atoms with Gasteiger partial charge in [0.15, 0.2) is 6.61 Å². The summed E-state index contributed by atoms with van der Waals surface area (Å²) in [6.07, 6.45) is 0. The van der Waals surface area contributed by atoms with Crippen LogP contribution in [0.5, 0.6) is 11.5 Å². The van der Waals surface area contributed by atoms with Crippen molar-refractivity contribution < 1.29 is 23.6 Å². The number of esters is 1. The SMILES string of the molecule is CC(=O)Oc1ccc2nc(COc3ccc([N+](=O)[O-])cc3)oc(=O)c2c1. The lowest BCUT2D eigenvalue weighted by atomic mass is 10.2. The van der Waals surface area contributed by atoms with E-state index in [-0.39, 0.29) is 29.3 Å². The molecule has 0 aliphatic heterocycles. The molecule has 0 saturated heterocycles. The van der Waals surface area contributed by atoms with Crippen molar-refractivity contribution in [2.75, 3.05) is 0 Å². The summed E-state index contributed by atoms with van der Waals surface area (Å²) in [5, 5.41) is 10.8. The molecule has 0 bridgehead atoms. The van der Waals surface area contributed by atoms with Gasteiger partial charge in [0.05, 0.1) is 15.8 Å². The molecule has 3 aromatic rings. The van der Waals surface area contributed by atoms with Gasteiger partial charge >= 0.3 is 11.6 Å². The van der Waals surface area contributed by atoms with E-state index in [2.05, 4.69) is 4.98 Å². The van der Waals surface area contributed by atoms with Crippen molar-refractivity contribution in [2.24, 2.45) is 0 Å². The zero-order chi connectivity index (χ0) is 18.7. The zero-order valence-corrected chi connectivity index (χ0v) is 13.5. The maximum atomic E-state index is 12.1. The number of rotatable bonds is 5. The first kappa shape index (κ1) is 17.1. The third-order valence-electron chi connectivity index (χ3n) is 3.32. The second-order valence-corrected chi connectivity index (χ2v) is 5.21. The van der Waals surface area contributed by atoms with Gasteiger partial charge in [0.2, 0.25) is 5.89 Å². The summed E-state index contributed by atoms with van der Waals surface area (Å²) in [5.74, 6) is 0.121.